The molecule has 2 amide bonds. The fourth-order valence-electron chi connectivity index (χ4n) is 3.18. The molecule has 3 rings (SSSR count). The van der Waals surface area contributed by atoms with Crippen molar-refractivity contribution in [2.24, 2.45) is 0 Å². The van der Waals surface area contributed by atoms with E-state index < -0.39 is 40.8 Å². The number of rotatable bonds is 2. The Hall–Kier alpha value is -3.05. The zero-order chi connectivity index (χ0) is 22.3. The number of benzene rings is 1. The van der Waals surface area contributed by atoms with Crippen LogP contribution in [-0.2, 0) is 17.1 Å². The predicted octanol–water partition coefficient (Wildman–Crippen LogP) is 3.21. The van der Waals surface area contributed by atoms with Crippen LogP contribution in [-0.4, -0.2) is 57.6 Å². The van der Waals surface area contributed by atoms with E-state index in [4.69, 9.17) is 0 Å². The number of alkyl halides is 6. The monoisotopic (exact) mass is 434 g/mol. The highest BCUT2D eigenvalue weighted by atomic mass is 19.4. The van der Waals surface area contributed by atoms with Crippen LogP contribution in [0.3, 0.4) is 0 Å². The van der Waals surface area contributed by atoms with Gasteiger partial charge in [-0.25, -0.2) is 4.68 Å². The van der Waals surface area contributed by atoms with Crippen molar-refractivity contribution in [2.75, 3.05) is 26.2 Å². The molecule has 2 heterocycles. The van der Waals surface area contributed by atoms with Gasteiger partial charge in [-0.05, 0) is 18.2 Å². The Morgan fingerprint density at radius 3 is 2.07 bits per heavy atom. The molecule has 6 nitrogen and oxygen atoms in total. The van der Waals surface area contributed by atoms with Crippen LogP contribution in [0.4, 0.5) is 26.3 Å². The third kappa shape index (κ3) is 4.26. The summed E-state index contributed by atoms with van der Waals surface area (Å²) in [6.07, 6.45) is -9.10. The first kappa shape index (κ1) is 21.7. The zero-order valence-electron chi connectivity index (χ0n) is 15.6. The van der Waals surface area contributed by atoms with E-state index in [0.29, 0.717) is 12.3 Å². The first-order valence-electron chi connectivity index (χ1n) is 8.77. The Balaban J connectivity index is 1.98. The van der Waals surface area contributed by atoms with Crippen LogP contribution in [0.5, 0.6) is 0 Å². The Labute approximate surface area is 166 Å². The number of carbonyl (C=O) groups excluding carboxylic acids is 2. The van der Waals surface area contributed by atoms with E-state index in [2.05, 4.69) is 5.10 Å². The predicted molar refractivity (Wildman–Crippen MR) is 91.7 cm³/mol. The fourth-order valence-corrected chi connectivity index (χ4v) is 3.18. The van der Waals surface area contributed by atoms with Crippen LogP contribution in [0, 0.1) is 0 Å². The molecule has 1 saturated heterocycles. The lowest BCUT2D eigenvalue weighted by Gasteiger charge is -2.34. The summed E-state index contributed by atoms with van der Waals surface area (Å²) in [5.74, 6) is -1.17. The SMILES string of the molecule is CC(=O)N1CCN(C(=O)c2cnn(-c3cccc(C(F)(F)F)c3)c2C(F)(F)F)CC1. The number of carbonyl (C=O) groups is 2. The van der Waals surface area contributed by atoms with Crippen molar-refractivity contribution >= 4 is 11.8 Å². The summed E-state index contributed by atoms with van der Waals surface area (Å²) in [6.45, 7) is 1.75. The Kier molecular flexibility index (Phi) is 5.52. The topological polar surface area (TPSA) is 58.4 Å². The van der Waals surface area contributed by atoms with Crippen LogP contribution in [0.15, 0.2) is 30.5 Å². The number of hydrogen-bond acceptors (Lipinski definition) is 3. The van der Waals surface area contributed by atoms with Gasteiger partial charge in [0, 0.05) is 33.1 Å². The van der Waals surface area contributed by atoms with Gasteiger partial charge in [0.25, 0.3) is 5.91 Å². The first-order valence-corrected chi connectivity index (χ1v) is 8.77. The Morgan fingerprint density at radius 2 is 1.53 bits per heavy atom. The number of hydrogen-bond donors (Lipinski definition) is 0. The van der Waals surface area contributed by atoms with Gasteiger partial charge in [0.2, 0.25) is 5.91 Å². The number of piperazine rings is 1. The minimum absolute atomic E-state index is 0.0322. The average Bonchev–Trinajstić information content (AvgIpc) is 3.12. The van der Waals surface area contributed by atoms with Crippen LogP contribution < -0.4 is 0 Å². The van der Waals surface area contributed by atoms with Crippen LogP contribution in [0.25, 0.3) is 5.69 Å². The molecule has 1 fully saturated rings. The molecule has 1 aromatic heterocycles. The van der Waals surface area contributed by atoms with Crippen molar-refractivity contribution in [3.8, 4) is 5.69 Å². The van der Waals surface area contributed by atoms with Crippen molar-refractivity contribution in [1.29, 1.82) is 0 Å². The fraction of sp³-hybridized carbons (Fsp3) is 0.389. The van der Waals surface area contributed by atoms with E-state index in [1.165, 1.54) is 11.8 Å². The lowest BCUT2D eigenvalue weighted by Crippen LogP contribution is -2.50. The molecule has 0 radical (unpaired) electrons. The highest BCUT2D eigenvalue weighted by Gasteiger charge is 2.42. The van der Waals surface area contributed by atoms with Gasteiger partial charge in [0.15, 0.2) is 5.69 Å². The molecule has 2 aromatic rings. The maximum Gasteiger partial charge on any atom is 0.434 e. The van der Waals surface area contributed by atoms with Crippen LogP contribution in [0.2, 0.25) is 0 Å². The molecule has 0 N–H and O–H groups in total. The standard InChI is InChI=1S/C18H16F6N4O2/c1-11(29)26-5-7-27(8-6-26)16(30)14-10-25-28(15(14)18(22,23)24)13-4-2-3-12(9-13)17(19,20)21/h2-4,9-10H,5-8H2,1H3. The van der Waals surface area contributed by atoms with Gasteiger partial charge in [-0.15, -0.1) is 0 Å². The average molecular weight is 434 g/mol. The lowest BCUT2D eigenvalue weighted by atomic mass is 10.1. The van der Waals surface area contributed by atoms with Crippen LogP contribution >= 0.6 is 0 Å². The van der Waals surface area contributed by atoms with Crippen molar-refractivity contribution < 1.29 is 35.9 Å². The van der Waals surface area contributed by atoms with Gasteiger partial charge >= 0.3 is 12.4 Å². The molecular weight excluding hydrogens is 418 g/mol. The van der Waals surface area contributed by atoms with E-state index in [1.807, 2.05) is 0 Å². The summed E-state index contributed by atoms with van der Waals surface area (Å²) in [5, 5.41) is 3.55. The van der Waals surface area contributed by atoms with Gasteiger partial charge in [-0.2, -0.15) is 31.4 Å². The summed E-state index contributed by atoms with van der Waals surface area (Å²) in [7, 11) is 0. The van der Waals surface area contributed by atoms with Gasteiger partial charge in [-0.3, -0.25) is 9.59 Å². The van der Waals surface area contributed by atoms with Crippen molar-refractivity contribution in [3.63, 3.8) is 0 Å². The second-order valence-electron chi connectivity index (χ2n) is 6.66. The summed E-state index contributed by atoms with van der Waals surface area (Å²) in [4.78, 5) is 26.7. The Bertz CT molecular complexity index is 958. The number of aromatic nitrogens is 2. The molecule has 1 aliphatic heterocycles. The number of halogens is 6. The lowest BCUT2D eigenvalue weighted by molar-refractivity contribution is -0.143. The Morgan fingerprint density at radius 1 is 0.933 bits per heavy atom. The van der Waals surface area contributed by atoms with Gasteiger partial charge in [0.05, 0.1) is 23.0 Å². The van der Waals surface area contributed by atoms with E-state index >= 15 is 0 Å². The molecule has 0 unspecified atom stereocenters. The third-order valence-electron chi connectivity index (χ3n) is 4.70. The second kappa shape index (κ2) is 7.65. The molecular formula is C18H16F6N4O2. The number of nitrogens with zero attached hydrogens (tertiary/aromatic N) is 4. The molecule has 12 heteroatoms. The molecule has 0 bridgehead atoms. The second-order valence-corrected chi connectivity index (χ2v) is 6.66. The van der Waals surface area contributed by atoms with E-state index in [-0.39, 0.29) is 36.8 Å². The van der Waals surface area contributed by atoms with Gasteiger partial charge in [0.1, 0.15) is 0 Å². The molecule has 30 heavy (non-hydrogen) atoms. The summed E-state index contributed by atoms with van der Waals surface area (Å²) in [6, 6.07) is 3.25. The molecule has 1 aliphatic rings. The molecule has 0 aliphatic carbocycles. The summed E-state index contributed by atoms with van der Waals surface area (Å²) in [5.41, 5.74) is -3.84. The maximum atomic E-state index is 13.8. The highest BCUT2D eigenvalue weighted by molar-refractivity contribution is 5.95. The van der Waals surface area contributed by atoms with Crippen LogP contribution in [0.1, 0.15) is 28.5 Å². The molecule has 1 aromatic carbocycles. The normalized spacial score (nSPS) is 15.4. The van der Waals surface area contributed by atoms with Crippen molar-refractivity contribution in [2.45, 2.75) is 19.3 Å². The highest BCUT2D eigenvalue weighted by Crippen LogP contribution is 2.36. The summed E-state index contributed by atoms with van der Waals surface area (Å²) < 4.78 is 80.4. The number of amides is 2. The van der Waals surface area contributed by atoms with Crippen molar-refractivity contribution in [3.05, 3.63) is 47.3 Å². The third-order valence-corrected chi connectivity index (χ3v) is 4.70. The maximum absolute atomic E-state index is 13.8. The van der Waals surface area contributed by atoms with E-state index in [9.17, 15) is 35.9 Å². The summed E-state index contributed by atoms with van der Waals surface area (Å²) >= 11 is 0. The zero-order valence-corrected chi connectivity index (χ0v) is 15.6. The minimum atomic E-state index is -5.04. The largest absolute Gasteiger partial charge is 0.434 e. The van der Waals surface area contributed by atoms with Gasteiger partial charge < -0.3 is 9.80 Å². The quantitative estimate of drug-likeness (QED) is 0.683. The smallest absolute Gasteiger partial charge is 0.339 e. The minimum Gasteiger partial charge on any atom is -0.339 e. The molecule has 0 saturated carbocycles. The molecule has 162 valence electrons. The molecule has 0 atom stereocenters. The molecule has 0 spiro atoms. The van der Waals surface area contributed by atoms with E-state index in [0.717, 1.165) is 23.1 Å². The van der Waals surface area contributed by atoms with E-state index in [1.54, 1.807) is 0 Å². The first-order chi connectivity index (χ1) is 13.9. The van der Waals surface area contributed by atoms with Crippen molar-refractivity contribution in [1.82, 2.24) is 19.6 Å². The van der Waals surface area contributed by atoms with Gasteiger partial charge in [-0.1, -0.05) is 6.07 Å².